The van der Waals surface area contributed by atoms with Crippen molar-refractivity contribution < 1.29 is 14.4 Å². The maximum atomic E-state index is 13.9. The molecule has 6 heteroatoms. The molecule has 158 valence electrons. The lowest BCUT2D eigenvalue weighted by Gasteiger charge is -2.37. The smallest absolute Gasteiger partial charge is 0.255 e. The van der Waals surface area contributed by atoms with Gasteiger partial charge in [-0.1, -0.05) is 72.8 Å². The highest BCUT2D eigenvalue weighted by Gasteiger charge is 2.48. The van der Waals surface area contributed by atoms with Gasteiger partial charge in [0.1, 0.15) is 11.9 Å². The summed E-state index contributed by atoms with van der Waals surface area (Å²) in [6, 6.07) is 24.8. The van der Waals surface area contributed by atoms with Crippen LogP contribution in [0.4, 0.5) is 0 Å². The van der Waals surface area contributed by atoms with Gasteiger partial charge < -0.3 is 5.32 Å². The summed E-state index contributed by atoms with van der Waals surface area (Å²) in [7, 11) is 0. The summed E-state index contributed by atoms with van der Waals surface area (Å²) in [6.45, 7) is 1.38. The third-order valence-corrected chi connectivity index (χ3v) is 5.95. The van der Waals surface area contributed by atoms with E-state index in [9.17, 15) is 14.4 Å². The van der Waals surface area contributed by atoms with Crippen molar-refractivity contribution in [3.63, 3.8) is 0 Å². The van der Waals surface area contributed by atoms with Crippen LogP contribution in [0.2, 0.25) is 0 Å². The Bertz CT molecular complexity index is 1330. The van der Waals surface area contributed by atoms with Crippen molar-refractivity contribution in [1.82, 2.24) is 14.9 Å². The van der Waals surface area contributed by atoms with Crippen LogP contribution in [-0.2, 0) is 4.79 Å². The largest absolute Gasteiger partial charge is 0.344 e. The lowest BCUT2D eigenvalue weighted by atomic mass is 9.74. The molecular weight excluding hydrogens is 402 g/mol. The van der Waals surface area contributed by atoms with Gasteiger partial charge >= 0.3 is 0 Å². The first-order chi connectivity index (χ1) is 15.6. The third kappa shape index (κ3) is 3.21. The molecule has 0 saturated heterocycles. The molecule has 1 aromatic heterocycles. The van der Waals surface area contributed by atoms with Crippen LogP contribution in [0.1, 0.15) is 45.3 Å². The monoisotopic (exact) mass is 423 g/mol. The van der Waals surface area contributed by atoms with Gasteiger partial charge in [0.15, 0.2) is 5.78 Å². The fourth-order valence-corrected chi connectivity index (χ4v) is 4.62. The molecule has 6 nitrogen and oxygen atoms in total. The van der Waals surface area contributed by atoms with E-state index in [2.05, 4.69) is 5.32 Å². The minimum atomic E-state index is -0.905. The average Bonchev–Trinajstić information content (AvgIpc) is 3.20. The van der Waals surface area contributed by atoms with Gasteiger partial charge in [-0.05, 0) is 17.7 Å². The number of amides is 1. The molecule has 0 fully saturated rings. The number of carbonyl (C=O) groups is 3. The van der Waals surface area contributed by atoms with Crippen molar-refractivity contribution in [2.24, 2.45) is 0 Å². The number of fused-ring (bicyclic) bond motifs is 3. The van der Waals surface area contributed by atoms with Crippen molar-refractivity contribution in [3.8, 4) is 0 Å². The zero-order chi connectivity index (χ0) is 22.2. The molecule has 5 rings (SSSR count). The predicted octanol–water partition coefficient (Wildman–Crippen LogP) is 3.95. The van der Waals surface area contributed by atoms with Crippen LogP contribution < -0.4 is 5.32 Å². The Morgan fingerprint density at radius 1 is 0.875 bits per heavy atom. The summed E-state index contributed by atoms with van der Waals surface area (Å²) >= 11 is 0. The van der Waals surface area contributed by atoms with E-state index in [0.717, 1.165) is 5.56 Å². The number of Topliss-reactive ketones (excluding diaryl/α,β-unsaturated/α-hetero) is 1. The summed E-state index contributed by atoms with van der Waals surface area (Å²) < 4.78 is 1.50. The number of imidazole rings is 1. The van der Waals surface area contributed by atoms with Crippen molar-refractivity contribution in [2.45, 2.75) is 24.8 Å². The van der Waals surface area contributed by atoms with Gasteiger partial charge in [0.2, 0.25) is 5.91 Å². The molecule has 0 unspecified atom stereocenters. The molecule has 0 radical (unpaired) electrons. The molecule has 2 heterocycles. The van der Waals surface area contributed by atoms with Crippen LogP contribution in [0.15, 0.2) is 84.9 Å². The molecule has 0 bridgehead atoms. The van der Waals surface area contributed by atoms with Gasteiger partial charge in [-0.3, -0.25) is 19.0 Å². The zero-order valence-electron chi connectivity index (χ0n) is 17.4. The zero-order valence-corrected chi connectivity index (χ0v) is 17.4. The van der Waals surface area contributed by atoms with E-state index in [4.69, 9.17) is 4.98 Å². The van der Waals surface area contributed by atoms with E-state index in [1.54, 1.807) is 12.1 Å². The Hall–Kier alpha value is -4.06. The number of aromatic nitrogens is 2. The molecule has 0 spiro atoms. The summed E-state index contributed by atoms with van der Waals surface area (Å²) in [5.74, 6) is -1.70. The Balaban J connectivity index is 1.80. The number of nitrogens with one attached hydrogen (secondary N) is 1. The highest BCUT2D eigenvalue weighted by Crippen LogP contribution is 2.43. The van der Waals surface area contributed by atoms with E-state index in [-0.39, 0.29) is 17.6 Å². The maximum absolute atomic E-state index is 13.9. The lowest BCUT2D eigenvalue weighted by molar-refractivity contribution is -0.119. The van der Waals surface area contributed by atoms with Crippen molar-refractivity contribution in [2.75, 3.05) is 0 Å². The molecule has 0 saturated carbocycles. The minimum Gasteiger partial charge on any atom is -0.344 e. The van der Waals surface area contributed by atoms with Gasteiger partial charge in [-0.25, -0.2) is 4.98 Å². The second kappa shape index (κ2) is 7.89. The number of benzene rings is 3. The molecular formula is C26H21N3O3. The van der Waals surface area contributed by atoms with Crippen LogP contribution >= 0.6 is 0 Å². The fourth-order valence-electron chi connectivity index (χ4n) is 4.62. The normalized spacial score (nSPS) is 20.0. The first kappa shape index (κ1) is 19.9. The number of rotatable bonds is 4. The lowest BCUT2D eigenvalue weighted by Crippen LogP contribution is -2.53. The van der Waals surface area contributed by atoms with Gasteiger partial charge in [0.25, 0.3) is 5.91 Å². The van der Waals surface area contributed by atoms with Crippen LogP contribution in [0.3, 0.4) is 0 Å². The summed E-state index contributed by atoms with van der Waals surface area (Å²) in [5, 5.41) is 2.82. The SMILES string of the molecule is CC(=O)N[C@@H]1C(=O)n2c(nc3ccccc32)[C@H](C(=O)c2ccccc2)[C@H]1c1ccccc1. The Labute approximate surface area is 184 Å². The quantitative estimate of drug-likeness (QED) is 0.504. The van der Waals surface area contributed by atoms with E-state index in [1.807, 2.05) is 72.8 Å². The summed E-state index contributed by atoms with van der Waals surface area (Å²) in [4.78, 5) is 44.4. The van der Waals surface area contributed by atoms with Crippen LogP contribution in [0.25, 0.3) is 11.0 Å². The van der Waals surface area contributed by atoms with Crippen LogP contribution in [0, 0.1) is 0 Å². The fraction of sp³-hybridized carbons (Fsp3) is 0.154. The number of carbonyl (C=O) groups excluding carboxylic acids is 3. The molecule has 4 aromatic rings. The third-order valence-electron chi connectivity index (χ3n) is 5.95. The standard InChI is InChI=1S/C26H21N3O3/c1-16(30)27-23-21(17-10-4-2-5-11-17)22(24(31)18-12-6-3-7-13-18)25-28-19-14-8-9-15-20(19)29(25)26(23)32/h2-15,21-23H,1H3,(H,27,30)/t21-,22+,23+/m1/s1. The number of nitrogens with zero attached hydrogens (tertiary/aromatic N) is 2. The summed E-state index contributed by atoms with van der Waals surface area (Å²) in [5.41, 5.74) is 2.59. The predicted molar refractivity (Wildman–Crippen MR) is 121 cm³/mol. The van der Waals surface area contributed by atoms with E-state index >= 15 is 0 Å². The number of hydrogen-bond acceptors (Lipinski definition) is 4. The Morgan fingerprint density at radius 2 is 1.50 bits per heavy atom. The highest BCUT2D eigenvalue weighted by atomic mass is 16.2. The van der Waals surface area contributed by atoms with Gasteiger partial charge in [0, 0.05) is 18.4 Å². The van der Waals surface area contributed by atoms with E-state index < -0.39 is 17.9 Å². The van der Waals surface area contributed by atoms with Gasteiger partial charge in [0.05, 0.1) is 17.0 Å². The molecule has 32 heavy (non-hydrogen) atoms. The molecule has 0 aliphatic carbocycles. The average molecular weight is 423 g/mol. The number of para-hydroxylation sites is 2. The molecule has 3 atom stereocenters. The van der Waals surface area contributed by atoms with E-state index in [0.29, 0.717) is 22.4 Å². The van der Waals surface area contributed by atoms with Gasteiger partial charge in [-0.15, -0.1) is 0 Å². The summed E-state index contributed by atoms with van der Waals surface area (Å²) in [6.07, 6.45) is 0. The molecule has 1 aliphatic heterocycles. The minimum absolute atomic E-state index is 0.140. The van der Waals surface area contributed by atoms with Crippen molar-refractivity contribution in [3.05, 3.63) is 102 Å². The first-order valence-electron chi connectivity index (χ1n) is 10.5. The molecule has 1 aliphatic rings. The number of hydrogen-bond donors (Lipinski definition) is 1. The number of ketones is 1. The second-order valence-corrected chi connectivity index (χ2v) is 7.95. The Kier molecular flexibility index (Phi) is 4.90. The molecule has 3 aromatic carbocycles. The maximum Gasteiger partial charge on any atom is 0.255 e. The molecule has 1 amide bonds. The van der Waals surface area contributed by atoms with Gasteiger partial charge in [-0.2, -0.15) is 0 Å². The molecule has 1 N–H and O–H groups in total. The van der Waals surface area contributed by atoms with Crippen LogP contribution in [0.5, 0.6) is 0 Å². The highest BCUT2D eigenvalue weighted by molar-refractivity contribution is 6.06. The van der Waals surface area contributed by atoms with Crippen LogP contribution in [-0.4, -0.2) is 33.2 Å². The topological polar surface area (TPSA) is 81.1 Å². The second-order valence-electron chi connectivity index (χ2n) is 7.95. The van der Waals surface area contributed by atoms with Crippen molar-refractivity contribution in [1.29, 1.82) is 0 Å². The Morgan fingerprint density at radius 3 is 2.19 bits per heavy atom. The van der Waals surface area contributed by atoms with E-state index in [1.165, 1.54) is 11.5 Å². The first-order valence-corrected chi connectivity index (χ1v) is 10.5. The van der Waals surface area contributed by atoms with Crippen molar-refractivity contribution >= 4 is 28.6 Å².